The largest absolute Gasteiger partial charge is 0.343 e. The van der Waals surface area contributed by atoms with E-state index in [9.17, 15) is 19.2 Å². The average Bonchev–Trinajstić information content (AvgIpc) is 4.10. The van der Waals surface area contributed by atoms with E-state index in [1.165, 1.54) is 0 Å². The lowest BCUT2D eigenvalue weighted by atomic mass is 10.0. The minimum atomic E-state index is -0.755. The van der Waals surface area contributed by atoms with E-state index in [0.29, 0.717) is 25.9 Å². The Morgan fingerprint density at radius 1 is 0.571 bits per heavy atom. The van der Waals surface area contributed by atoms with Crippen LogP contribution < -0.4 is 10.6 Å². The second-order valence-electron chi connectivity index (χ2n) is 14.2. The number of likely N-dealkylation sites (tertiary alicyclic amines) is 2. The third-order valence-electron chi connectivity index (χ3n) is 10.8. The first kappa shape index (κ1) is 36.2. The fraction of sp³-hybridized carbons (Fsp3) is 0.227. The molecule has 4 heterocycles. The first-order valence-corrected chi connectivity index (χ1v) is 18.9. The summed E-state index contributed by atoms with van der Waals surface area (Å²) in [4.78, 5) is 70.1. The van der Waals surface area contributed by atoms with E-state index in [4.69, 9.17) is 0 Å². The quantitative estimate of drug-likeness (QED) is 0.0998. The molecule has 2 aliphatic rings. The van der Waals surface area contributed by atoms with Crippen LogP contribution in [0.3, 0.4) is 0 Å². The highest BCUT2D eigenvalue weighted by atomic mass is 16.2. The molecule has 0 aliphatic carbocycles. The van der Waals surface area contributed by atoms with Crippen molar-refractivity contribution >= 4 is 24.6 Å². The Kier molecular flexibility index (Phi) is 10.5. The second kappa shape index (κ2) is 16.3. The Morgan fingerprint density at radius 2 is 0.946 bits per heavy atom. The van der Waals surface area contributed by atoms with Crippen LogP contribution in [-0.2, 0) is 19.2 Å². The molecule has 2 aliphatic heterocycles. The molecule has 282 valence electrons. The van der Waals surface area contributed by atoms with Gasteiger partial charge in [0.2, 0.25) is 24.6 Å². The normalized spacial score (nSPS) is 17.6. The number of nitrogens with zero attached hydrogens (tertiary/aromatic N) is 4. The van der Waals surface area contributed by atoms with Crippen molar-refractivity contribution in [2.75, 3.05) is 13.1 Å². The molecule has 56 heavy (non-hydrogen) atoms. The molecular weight excluding hydrogens is 705 g/mol. The standard InChI is InChI=1S/C44H42N8O4/c53-27-47-39(33-9-3-1-4-10-33)43(55)51-23-7-13-37(51)41-45-25-35(49-41)31-19-15-29(16-20-31)30-17-21-32(22-18-30)36-26-46-42(50-36)38-14-8-24-52(38)44(56)40(48-28-54)34-11-5-2-6-12-34/h1-6,9-12,15-22,25-28,37-40H,7-8,13-14,23-24H2,(H,45,49)(H,46,50)(H,47,53)(H,48,54). The van der Waals surface area contributed by atoms with Gasteiger partial charge in [-0.1, -0.05) is 109 Å². The highest BCUT2D eigenvalue weighted by Gasteiger charge is 2.37. The number of rotatable bonds is 13. The zero-order valence-electron chi connectivity index (χ0n) is 30.7. The van der Waals surface area contributed by atoms with Gasteiger partial charge in [-0.05, 0) is 59.1 Å². The summed E-state index contributed by atoms with van der Waals surface area (Å²) < 4.78 is 0. The van der Waals surface area contributed by atoms with Crippen LogP contribution in [0.5, 0.6) is 0 Å². The molecule has 2 fully saturated rings. The van der Waals surface area contributed by atoms with Gasteiger partial charge in [-0.2, -0.15) is 0 Å². The van der Waals surface area contributed by atoms with Crippen molar-refractivity contribution in [3.05, 3.63) is 144 Å². The molecule has 4 aromatic carbocycles. The van der Waals surface area contributed by atoms with Gasteiger partial charge in [0.05, 0.1) is 35.9 Å². The van der Waals surface area contributed by atoms with Crippen LogP contribution in [0.25, 0.3) is 33.6 Å². The maximum absolute atomic E-state index is 13.7. The topological polar surface area (TPSA) is 156 Å². The van der Waals surface area contributed by atoms with E-state index in [0.717, 1.165) is 82.1 Å². The highest BCUT2D eigenvalue weighted by molar-refractivity contribution is 5.86. The Labute approximate surface area is 324 Å². The highest BCUT2D eigenvalue weighted by Crippen LogP contribution is 2.36. The van der Waals surface area contributed by atoms with Gasteiger partial charge in [0.1, 0.15) is 23.7 Å². The monoisotopic (exact) mass is 746 g/mol. The number of aromatic nitrogens is 4. The number of aromatic amines is 2. The van der Waals surface area contributed by atoms with E-state index < -0.39 is 12.1 Å². The van der Waals surface area contributed by atoms with E-state index in [2.05, 4.69) is 79.1 Å². The van der Waals surface area contributed by atoms with Gasteiger partial charge >= 0.3 is 0 Å². The molecular formula is C44H42N8O4. The van der Waals surface area contributed by atoms with Crippen molar-refractivity contribution in [1.29, 1.82) is 0 Å². The van der Waals surface area contributed by atoms with Crippen LogP contribution in [0.1, 0.15) is 72.6 Å². The van der Waals surface area contributed by atoms with E-state index in [1.54, 1.807) is 0 Å². The van der Waals surface area contributed by atoms with E-state index >= 15 is 0 Å². The summed E-state index contributed by atoms with van der Waals surface area (Å²) in [6.07, 6.45) is 8.03. The molecule has 0 bridgehead atoms. The predicted molar refractivity (Wildman–Crippen MR) is 211 cm³/mol. The molecule has 0 spiro atoms. The summed E-state index contributed by atoms with van der Waals surface area (Å²) >= 11 is 0. The van der Waals surface area contributed by atoms with Gasteiger partial charge in [0.15, 0.2) is 0 Å². The molecule has 12 nitrogen and oxygen atoms in total. The first-order chi connectivity index (χ1) is 27.5. The van der Waals surface area contributed by atoms with Crippen molar-refractivity contribution in [2.24, 2.45) is 0 Å². The number of amides is 4. The van der Waals surface area contributed by atoms with Crippen LogP contribution in [0.15, 0.2) is 122 Å². The number of nitrogens with one attached hydrogen (secondary N) is 4. The Balaban J connectivity index is 0.927. The van der Waals surface area contributed by atoms with Crippen LogP contribution in [0.2, 0.25) is 0 Å². The SMILES string of the molecule is O=CNC(C(=O)N1CCCC1c1ncc(-c2ccc(-c3ccc(-c4cnc(C5CCCN5C(=O)C(NC=O)c5ccccc5)[nH]4)cc3)cc2)[nH]1)c1ccccc1. The van der Waals surface area contributed by atoms with E-state index in [-0.39, 0.29) is 23.9 Å². The molecule has 4 unspecified atom stereocenters. The summed E-state index contributed by atoms with van der Waals surface area (Å²) in [5.74, 6) is 1.15. The van der Waals surface area contributed by atoms with Crippen molar-refractivity contribution in [3.63, 3.8) is 0 Å². The predicted octanol–water partition coefficient (Wildman–Crippen LogP) is 6.44. The summed E-state index contributed by atoms with van der Waals surface area (Å²) in [5, 5.41) is 5.41. The molecule has 4 amide bonds. The number of imidazole rings is 2. The summed E-state index contributed by atoms with van der Waals surface area (Å²) in [7, 11) is 0. The number of hydrogen-bond acceptors (Lipinski definition) is 6. The fourth-order valence-corrected chi connectivity index (χ4v) is 8.00. The van der Waals surface area contributed by atoms with Gasteiger partial charge < -0.3 is 30.4 Å². The molecule has 6 aromatic rings. The minimum Gasteiger partial charge on any atom is -0.343 e. The average molecular weight is 747 g/mol. The van der Waals surface area contributed by atoms with Crippen molar-refractivity contribution in [1.82, 2.24) is 40.4 Å². The first-order valence-electron chi connectivity index (χ1n) is 18.9. The van der Waals surface area contributed by atoms with Crippen LogP contribution in [0, 0.1) is 0 Å². The third kappa shape index (κ3) is 7.33. The minimum absolute atomic E-state index is 0.151. The van der Waals surface area contributed by atoms with Crippen molar-refractivity contribution in [3.8, 4) is 33.6 Å². The Hall–Kier alpha value is -6.82. The Bertz CT molecular complexity index is 2130. The number of hydrogen-bond donors (Lipinski definition) is 4. The van der Waals surface area contributed by atoms with Crippen molar-refractivity contribution in [2.45, 2.75) is 49.9 Å². The molecule has 12 heteroatoms. The van der Waals surface area contributed by atoms with Gasteiger partial charge in [-0.25, -0.2) is 9.97 Å². The molecule has 0 radical (unpaired) electrons. The van der Waals surface area contributed by atoms with Crippen LogP contribution in [-0.4, -0.2) is 67.5 Å². The number of carbonyl (C=O) groups excluding carboxylic acids is 4. The van der Waals surface area contributed by atoms with Crippen molar-refractivity contribution < 1.29 is 19.2 Å². The molecule has 2 saturated heterocycles. The van der Waals surface area contributed by atoms with Crippen LogP contribution >= 0.6 is 0 Å². The number of benzene rings is 4. The molecule has 4 N–H and O–H groups in total. The number of H-pyrrole nitrogens is 2. The van der Waals surface area contributed by atoms with Gasteiger partial charge in [0.25, 0.3) is 0 Å². The number of carbonyl (C=O) groups is 4. The molecule has 2 aromatic heterocycles. The maximum Gasteiger partial charge on any atom is 0.250 e. The molecule has 8 rings (SSSR count). The maximum atomic E-state index is 13.7. The van der Waals surface area contributed by atoms with Gasteiger partial charge in [-0.3, -0.25) is 19.2 Å². The molecule has 4 atom stereocenters. The third-order valence-corrected chi connectivity index (χ3v) is 10.8. The van der Waals surface area contributed by atoms with Crippen LogP contribution in [0.4, 0.5) is 0 Å². The lowest BCUT2D eigenvalue weighted by Gasteiger charge is -2.28. The lowest BCUT2D eigenvalue weighted by Crippen LogP contribution is -2.40. The van der Waals surface area contributed by atoms with E-state index in [1.807, 2.05) is 82.9 Å². The zero-order chi connectivity index (χ0) is 38.4. The Morgan fingerprint density at radius 3 is 1.32 bits per heavy atom. The smallest absolute Gasteiger partial charge is 0.250 e. The summed E-state index contributed by atoms with van der Waals surface area (Å²) in [6, 6.07) is 33.2. The summed E-state index contributed by atoms with van der Waals surface area (Å²) in [5.41, 5.74) is 7.28. The summed E-state index contributed by atoms with van der Waals surface area (Å²) in [6.45, 7) is 1.19. The second-order valence-corrected chi connectivity index (χ2v) is 14.2. The fourth-order valence-electron chi connectivity index (χ4n) is 8.00. The lowest BCUT2D eigenvalue weighted by molar-refractivity contribution is -0.136. The van der Waals surface area contributed by atoms with Gasteiger partial charge in [-0.15, -0.1) is 0 Å². The zero-order valence-corrected chi connectivity index (χ0v) is 30.7. The van der Waals surface area contributed by atoms with Gasteiger partial charge in [0, 0.05) is 13.1 Å². The molecule has 0 saturated carbocycles.